The van der Waals surface area contributed by atoms with Crippen LogP contribution in [0, 0.1) is 5.92 Å². The maximum atomic E-state index is 13.0. The Hall–Kier alpha value is -2.64. The molecule has 8 heteroatoms. The predicted octanol–water partition coefficient (Wildman–Crippen LogP) is 4.37. The summed E-state index contributed by atoms with van der Waals surface area (Å²) in [5.41, 5.74) is -0.199. The molecule has 0 bridgehead atoms. The molecule has 5 nitrogen and oxygen atoms in total. The first kappa shape index (κ1) is 21.1. The molecule has 0 saturated carbocycles. The molecular formula is C21H25F3N4O. The van der Waals surface area contributed by atoms with Crippen molar-refractivity contribution in [2.75, 3.05) is 18.0 Å². The molecule has 1 fully saturated rings. The van der Waals surface area contributed by atoms with Crippen molar-refractivity contribution in [3.05, 3.63) is 54.0 Å². The van der Waals surface area contributed by atoms with Crippen molar-refractivity contribution in [3.63, 3.8) is 0 Å². The van der Waals surface area contributed by atoms with Crippen molar-refractivity contribution < 1.29 is 18.0 Å². The van der Waals surface area contributed by atoms with Crippen molar-refractivity contribution >= 4 is 11.7 Å². The van der Waals surface area contributed by atoms with E-state index in [-0.39, 0.29) is 11.8 Å². The highest BCUT2D eigenvalue weighted by Gasteiger charge is 2.32. The SMILES string of the molecule is CCCC(NC(=O)C1CCN(c2cnccn2)CC1)c1cccc(C(F)(F)F)c1. The van der Waals surface area contributed by atoms with E-state index in [0.29, 0.717) is 37.9 Å². The number of alkyl halides is 3. The van der Waals surface area contributed by atoms with Gasteiger partial charge in [0.1, 0.15) is 5.82 Å². The number of piperidine rings is 1. The Balaban J connectivity index is 1.63. The highest BCUT2D eigenvalue weighted by atomic mass is 19.4. The monoisotopic (exact) mass is 406 g/mol. The van der Waals surface area contributed by atoms with E-state index in [0.717, 1.165) is 24.4 Å². The van der Waals surface area contributed by atoms with Gasteiger partial charge in [-0.3, -0.25) is 9.78 Å². The summed E-state index contributed by atoms with van der Waals surface area (Å²) in [5.74, 6) is 0.534. The minimum atomic E-state index is -4.40. The van der Waals surface area contributed by atoms with Gasteiger partial charge in [0.25, 0.3) is 0 Å². The van der Waals surface area contributed by atoms with Crippen LogP contribution in [0.25, 0.3) is 0 Å². The van der Waals surface area contributed by atoms with Crippen molar-refractivity contribution in [3.8, 4) is 0 Å². The molecule has 156 valence electrons. The number of halogens is 3. The summed E-state index contributed by atoms with van der Waals surface area (Å²) >= 11 is 0. The third-order valence-electron chi connectivity index (χ3n) is 5.25. The van der Waals surface area contributed by atoms with E-state index in [1.165, 1.54) is 6.07 Å². The number of benzene rings is 1. The fourth-order valence-electron chi connectivity index (χ4n) is 3.66. The van der Waals surface area contributed by atoms with Crippen LogP contribution in [0.4, 0.5) is 19.0 Å². The van der Waals surface area contributed by atoms with Crippen LogP contribution in [-0.2, 0) is 11.0 Å². The third kappa shape index (κ3) is 5.46. The molecule has 1 aromatic carbocycles. The van der Waals surface area contributed by atoms with Crippen molar-refractivity contribution in [1.82, 2.24) is 15.3 Å². The molecule has 1 atom stereocenters. The standard InChI is InChI=1S/C21H25F3N4O/c1-2-4-18(16-5-3-6-17(13-16)21(22,23)24)27-20(29)15-7-11-28(12-8-15)19-14-25-9-10-26-19/h3,5-6,9-10,13-15,18H,2,4,7-8,11-12H2,1H3,(H,27,29). The second kappa shape index (κ2) is 9.24. The molecule has 1 saturated heterocycles. The normalized spacial score (nSPS) is 16.5. The summed E-state index contributed by atoms with van der Waals surface area (Å²) in [6.45, 7) is 3.34. The van der Waals surface area contributed by atoms with E-state index in [2.05, 4.69) is 20.2 Å². The highest BCUT2D eigenvalue weighted by molar-refractivity contribution is 5.79. The second-order valence-electron chi connectivity index (χ2n) is 7.30. The molecule has 1 aliphatic heterocycles. The summed E-state index contributed by atoms with van der Waals surface area (Å²) < 4.78 is 39.1. The van der Waals surface area contributed by atoms with Gasteiger partial charge in [-0.15, -0.1) is 0 Å². The van der Waals surface area contributed by atoms with Crippen LogP contribution in [0.1, 0.15) is 49.8 Å². The van der Waals surface area contributed by atoms with Gasteiger partial charge in [-0.1, -0.05) is 25.5 Å². The molecule has 1 N–H and O–H groups in total. The van der Waals surface area contributed by atoms with E-state index >= 15 is 0 Å². The van der Waals surface area contributed by atoms with Gasteiger partial charge in [-0.25, -0.2) is 4.98 Å². The van der Waals surface area contributed by atoms with E-state index in [9.17, 15) is 18.0 Å². The zero-order valence-corrected chi connectivity index (χ0v) is 16.3. The largest absolute Gasteiger partial charge is 0.416 e. The number of anilines is 1. The minimum Gasteiger partial charge on any atom is -0.355 e. The molecule has 1 aliphatic rings. The molecule has 1 unspecified atom stereocenters. The van der Waals surface area contributed by atoms with E-state index in [4.69, 9.17) is 0 Å². The first-order chi connectivity index (χ1) is 13.9. The molecule has 29 heavy (non-hydrogen) atoms. The average molecular weight is 406 g/mol. The Morgan fingerprint density at radius 1 is 1.28 bits per heavy atom. The molecule has 2 heterocycles. The number of hydrogen-bond donors (Lipinski definition) is 1. The Morgan fingerprint density at radius 3 is 2.66 bits per heavy atom. The number of carbonyl (C=O) groups excluding carboxylic acids is 1. The molecule has 0 aliphatic carbocycles. The lowest BCUT2D eigenvalue weighted by atomic mass is 9.94. The van der Waals surface area contributed by atoms with Gasteiger partial charge in [-0.2, -0.15) is 13.2 Å². The van der Waals surface area contributed by atoms with Crippen LogP contribution in [0.3, 0.4) is 0 Å². The fraction of sp³-hybridized carbons (Fsp3) is 0.476. The molecule has 3 rings (SSSR count). The summed E-state index contributed by atoms with van der Waals surface area (Å²) in [7, 11) is 0. The van der Waals surface area contributed by atoms with Crippen LogP contribution in [0.2, 0.25) is 0 Å². The highest BCUT2D eigenvalue weighted by Crippen LogP contribution is 2.32. The summed E-state index contributed by atoms with van der Waals surface area (Å²) in [6.07, 6.45) is 3.24. The predicted molar refractivity (Wildman–Crippen MR) is 104 cm³/mol. The minimum absolute atomic E-state index is 0.0975. The first-order valence-electron chi connectivity index (χ1n) is 9.87. The van der Waals surface area contributed by atoms with Gasteiger partial charge in [0.05, 0.1) is 17.8 Å². The molecule has 0 spiro atoms. The first-order valence-corrected chi connectivity index (χ1v) is 9.87. The van der Waals surface area contributed by atoms with E-state index in [1.807, 2.05) is 6.92 Å². The Morgan fingerprint density at radius 2 is 2.03 bits per heavy atom. The summed E-state index contributed by atoms with van der Waals surface area (Å²) in [4.78, 5) is 23.2. The van der Waals surface area contributed by atoms with Crippen LogP contribution in [0.15, 0.2) is 42.9 Å². The Bertz CT molecular complexity index is 805. The van der Waals surface area contributed by atoms with Gasteiger partial charge in [0.2, 0.25) is 5.91 Å². The Labute approximate surface area is 168 Å². The van der Waals surface area contributed by atoms with E-state index in [1.54, 1.807) is 24.7 Å². The van der Waals surface area contributed by atoms with Gasteiger partial charge in [0.15, 0.2) is 0 Å². The Kier molecular flexibility index (Phi) is 6.71. The van der Waals surface area contributed by atoms with Crippen molar-refractivity contribution in [2.45, 2.75) is 44.8 Å². The van der Waals surface area contributed by atoms with Gasteiger partial charge in [-0.05, 0) is 37.0 Å². The number of rotatable bonds is 6. The third-order valence-corrected chi connectivity index (χ3v) is 5.25. The lowest BCUT2D eigenvalue weighted by molar-refractivity contribution is -0.137. The second-order valence-corrected chi connectivity index (χ2v) is 7.30. The lowest BCUT2D eigenvalue weighted by Crippen LogP contribution is -2.42. The number of carbonyl (C=O) groups is 1. The smallest absolute Gasteiger partial charge is 0.355 e. The van der Waals surface area contributed by atoms with E-state index < -0.39 is 17.8 Å². The van der Waals surface area contributed by atoms with Crippen LogP contribution >= 0.6 is 0 Å². The number of nitrogens with zero attached hydrogens (tertiary/aromatic N) is 3. The maximum Gasteiger partial charge on any atom is 0.416 e. The number of hydrogen-bond acceptors (Lipinski definition) is 4. The number of nitrogens with one attached hydrogen (secondary N) is 1. The molecule has 0 radical (unpaired) electrons. The molecular weight excluding hydrogens is 381 g/mol. The quantitative estimate of drug-likeness (QED) is 0.774. The molecule has 1 aromatic heterocycles. The average Bonchev–Trinajstić information content (AvgIpc) is 2.73. The molecule has 2 aromatic rings. The fourth-order valence-corrected chi connectivity index (χ4v) is 3.66. The topological polar surface area (TPSA) is 58.1 Å². The van der Waals surface area contributed by atoms with Crippen LogP contribution < -0.4 is 10.2 Å². The number of aromatic nitrogens is 2. The summed E-state index contributed by atoms with van der Waals surface area (Å²) in [5, 5.41) is 2.98. The lowest BCUT2D eigenvalue weighted by Gasteiger charge is -2.32. The van der Waals surface area contributed by atoms with Crippen molar-refractivity contribution in [1.29, 1.82) is 0 Å². The zero-order valence-electron chi connectivity index (χ0n) is 16.3. The maximum absolute atomic E-state index is 13.0. The van der Waals surface area contributed by atoms with Gasteiger partial charge >= 0.3 is 6.18 Å². The van der Waals surface area contributed by atoms with Crippen molar-refractivity contribution in [2.24, 2.45) is 5.92 Å². The molecule has 1 amide bonds. The van der Waals surface area contributed by atoms with Gasteiger partial charge < -0.3 is 10.2 Å². The number of amides is 1. The van der Waals surface area contributed by atoms with Crippen LogP contribution in [-0.4, -0.2) is 29.0 Å². The van der Waals surface area contributed by atoms with Gasteiger partial charge in [0, 0.05) is 31.4 Å². The van der Waals surface area contributed by atoms with Crippen LogP contribution in [0.5, 0.6) is 0 Å². The zero-order chi connectivity index (χ0) is 20.9. The summed E-state index contributed by atoms with van der Waals surface area (Å²) in [6, 6.07) is 4.81.